The smallest absolute Gasteiger partial charge is 0.135 e. The molecule has 1 aromatic rings. The van der Waals surface area contributed by atoms with Crippen molar-refractivity contribution in [1.82, 2.24) is 9.97 Å². The second kappa shape index (κ2) is 6.51. The Morgan fingerprint density at radius 1 is 1.22 bits per heavy atom. The SMILES string of the molecule is CCCNc1ncnc(NC(C)(CO)CO)c1C. The first-order valence-electron chi connectivity index (χ1n) is 6.11. The van der Waals surface area contributed by atoms with Gasteiger partial charge in [-0.1, -0.05) is 6.92 Å². The van der Waals surface area contributed by atoms with E-state index >= 15 is 0 Å². The average molecular weight is 254 g/mol. The fourth-order valence-electron chi connectivity index (χ4n) is 1.41. The lowest BCUT2D eigenvalue weighted by molar-refractivity contribution is 0.147. The lowest BCUT2D eigenvalue weighted by Gasteiger charge is -2.27. The van der Waals surface area contributed by atoms with E-state index in [1.807, 2.05) is 6.92 Å². The molecule has 1 rings (SSSR count). The summed E-state index contributed by atoms with van der Waals surface area (Å²) in [6.45, 7) is 6.20. The lowest BCUT2D eigenvalue weighted by atomic mass is 10.1. The first kappa shape index (κ1) is 14.7. The van der Waals surface area contributed by atoms with Gasteiger partial charge in [-0.15, -0.1) is 0 Å². The van der Waals surface area contributed by atoms with Crippen LogP contribution < -0.4 is 10.6 Å². The van der Waals surface area contributed by atoms with Crippen LogP contribution in [0.3, 0.4) is 0 Å². The molecule has 1 heterocycles. The van der Waals surface area contributed by atoms with E-state index < -0.39 is 5.54 Å². The van der Waals surface area contributed by atoms with Crippen molar-refractivity contribution in [3.8, 4) is 0 Å². The molecule has 0 aliphatic heterocycles. The topological polar surface area (TPSA) is 90.3 Å². The quantitative estimate of drug-likeness (QED) is 0.574. The van der Waals surface area contributed by atoms with E-state index in [-0.39, 0.29) is 13.2 Å². The van der Waals surface area contributed by atoms with E-state index in [2.05, 4.69) is 27.5 Å². The van der Waals surface area contributed by atoms with E-state index in [1.54, 1.807) is 6.92 Å². The van der Waals surface area contributed by atoms with Crippen molar-refractivity contribution in [3.63, 3.8) is 0 Å². The second-order valence-electron chi connectivity index (χ2n) is 4.62. The largest absolute Gasteiger partial charge is 0.394 e. The second-order valence-corrected chi connectivity index (χ2v) is 4.62. The Morgan fingerprint density at radius 2 is 1.83 bits per heavy atom. The molecule has 0 bridgehead atoms. The Hall–Kier alpha value is -1.40. The first-order valence-corrected chi connectivity index (χ1v) is 6.11. The van der Waals surface area contributed by atoms with Crippen LogP contribution in [0.15, 0.2) is 6.33 Å². The number of hydrogen-bond donors (Lipinski definition) is 4. The van der Waals surface area contributed by atoms with Crippen molar-refractivity contribution >= 4 is 11.6 Å². The molecule has 6 nitrogen and oxygen atoms in total. The molecule has 0 aliphatic rings. The van der Waals surface area contributed by atoms with Gasteiger partial charge in [0.05, 0.1) is 18.8 Å². The van der Waals surface area contributed by atoms with Crippen LogP contribution in [0.25, 0.3) is 0 Å². The Kier molecular flexibility index (Phi) is 5.30. The van der Waals surface area contributed by atoms with Gasteiger partial charge < -0.3 is 20.8 Å². The van der Waals surface area contributed by atoms with E-state index in [0.29, 0.717) is 5.82 Å². The van der Waals surface area contributed by atoms with Gasteiger partial charge in [-0.2, -0.15) is 0 Å². The van der Waals surface area contributed by atoms with Crippen molar-refractivity contribution in [2.45, 2.75) is 32.7 Å². The Morgan fingerprint density at radius 3 is 2.39 bits per heavy atom. The van der Waals surface area contributed by atoms with Gasteiger partial charge in [0.1, 0.15) is 18.0 Å². The molecule has 0 radical (unpaired) electrons. The van der Waals surface area contributed by atoms with Gasteiger partial charge in [0.25, 0.3) is 0 Å². The van der Waals surface area contributed by atoms with Crippen molar-refractivity contribution in [1.29, 1.82) is 0 Å². The number of rotatable bonds is 7. The molecule has 0 fully saturated rings. The average Bonchev–Trinajstić information content (AvgIpc) is 2.39. The monoisotopic (exact) mass is 254 g/mol. The van der Waals surface area contributed by atoms with E-state index in [1.165, 1.54) is 6.33 Å². The number of nitrogens with zero attached hydrogens (tertiary/aromatic N) is 2. The molecule has 0 aliphatic carbocycles. The molecule has 0 saturated carbocycles. The molecule has 102 valence electrons. The summed E-state index contributed by atoms with van der Waals surface area (Å²) in [5.41, 5.74) is 0.0836. The third kappa shape index (κ3) is 3.54. The van der Waals surface area contributed by atoms with Crippen LogP contribution in [-0.2, 0) is 0 Å². The molecule has 0 atom stereocenters. The summed E-state index contributed by atoms with van der Waals surface area (Å²) in [5.74, 6) is 1.39. The number of aliphatic hydroxyl groups excluding tert-OH is 2. The third-order valence-electron chi connectivity index (χ3n) is 2.74. The summed E-state index contributed by atoms with van der Waals surface area (Å²) in [4.78, 5) is 8.31. The van der Waals surface area contributed by atoms with Crippen LogP contribution in [0.5, 0.6) is 0 Å². The summed E-state index contributed by atoms with van der Waals surface area (Å²) in [5, 5.41) is 24.8. The number of aromatic nitrogens is 2. The highest BCUT2D eigenvalue weighted by Crippen LogP contribution is 2.21. The van der Waals surface area contributed by atoms with Gasteiger partial charge in [-0.25, -0.2) is 9.97 Å². The fourth-order valence-corrected chi connectivity index (χ4v) is 1.41. The maximum atomic E-state index is 9.27. The molecule has 0 aromatic carbocycles. The van der Waals surface area contributed by atoms with E-state index in [4.69, 9.17) is 0 Å². The van der Waals surface area contributed by atoms with Crippen molar-refractivity contribution in [2.24, 2.45) is 0 Å². The highest BCUT2D eigenvalue weighted by Gasteiger charge is 2.23. The summed E-state index contributed by atoms with van der Waals surface area (Å²) >= 11 is 0. The normalized spacial score (nSPS) is 11.4. The number of hydrogen-bond acceptors (Lipinski definition) is 6. The van der Waals surface area contributed by atoms with Gasteiger partial charge >= 0.3 is 0 Å². The highest BCUT2D eigenvalue weighted by atomic mass is 16.3. The number of anilines is 2. The minimum absolute atomic E-state index is 0.176. The predicted octanol–water partition coefficient (Wildman–Crippen LogP) is 0.762. The minimum Gasteiger partial charge on any atom is -0.394 e. The molecule has 6 heteroatoms. The third-order valence-corrected chi connectivity index (χ3v) is 2.74. The van der Waals surface area contributed by atoms with Crippen LogP contribution in [-0.4, -0.2) is 45.5 Å². The summed E-state index contributed by atoms with van der Waals surface area (Å²) < 4.78 is 0. The fraction of sp³-hybridized carbons (Fsp3) is 0.667. The highest BCUT2D eigenvalue weighted by molar-refractivity contribution is 5.57. The van der Waals surface area contributed by atoms with Crippen LogP contribution >= 0.6 is 0 Å². The van der Waals surface area contributed by atoms with Crippen molar-refractivity contribution in [3.05, 3.63) is 11.9 Å². The minimum atomic E-state index is -0.791. The zero-order chi connectivity index (χ0) is 13.6. The van der Waals surface area contributed by atoms with Gasteiger partial charge in [0.2, 0.25) is 0 Å². The molecule has 1 aromatic heterocycles. The van der Waals surface area contributed by atoms with Crippen LogP contribution in [0.4, 0.5) is 11.6 Å². The first-order chi connectivity index (χ1) is 8.56. The molecule has 0 spiro atoms. The van der Waals surface area contributed by atoms with Gasteiger partial charge in [0, 0.05) is 12.1 Å². The van der Waals surface area contributed by atoms with Crippen LogP contribution in [0, 0.1) is 6.92 Å². The van der Waals surface area contributed by atoms with Crippen molar-refractivity contribution < 1.29 is 10.2 Å². The van der Waals surface area contributed by atoms with Gasteiger partial charge in [-0.05, 0) is 20.3 Å². The molecule has 0 saturated heterocycles. The maximum Gasteiger partial charge on any atom is 0.135 e. The Bertz CT molecular complexity index is 380. The zero-order valence-corrected chi connectivity index (χ0v) is 11.2. The lowest BCUT2D eigenvalue weighted by Crippen LogP contribution is -2.43. The Balaban J connectivity index is 2.89. The van der Waals surface area contributed by atoms with Gasteiger partial charge in [0.15, 0.2) is 0 Å². The maximum absolute atomic E-state index is 9.27. The molecule has 4 N–H and O–H groups in total. The van der Waals surface area contributed by atoms with Crippen molar-refractivity contribution in [2.75, 3.05) is 30.4 Å². The zero-order valence-electron chi connectivity index (χ0n) is 11.2. The van der Waals surface area contributed by atoms with E-state index in [0.717, 1.165) is 24.3 Å². The molecular weight excluding hydrogens is 232 g/mol. The Labute approximate surface area is 107 Å². The number of aliphatic hydroxyl groups is 2. The molecule has 18 heavy (non-hydrogen) atoms. The molecular formula is C12H22N4O2. The summed E-state index contributed by atoms with van der Waals surface area (Å²) in [6, 6.07) is 0. The van der Waals surface area contributed by atoms with E-state index in [9.17, 15) is 10.2 Å². The van der Waals surface area contributed by atoms with Crippen LogP contribution in [0.1, 0.15) is 25.8 Å². The predicted molar refractivity (Wildman–Crippen MR) is 71.7 cm³/mol. The summed E-state index contributed by atoms with van der Waals surface area (Å²) in [7, 11) is 0. The molecule has 0 amide bonds. The van der Waals surface area contributed by atoms with Gasteiger partial charge in [-0.3, -0.25) is 0 Å². The summed E-state index contributed by atoms with van der Waals surface area (Å²) in [6.07, 6.45) is 2.47. The van der Waals surface area contributed by atoms with Crippen LogP contribution in [0.2, 0.25) is 0 Å². The number of nitrogens with one attached hydrogen (secondary N) is 2. The molecule has 0 unspecified atom stereocenters. The standard InChI is InChI=1S/C12H22N4O2/c1-4-5-13-10-9(2)11(15-8-14-10)16-12(3,6-17)7-18/h8,17-18H,4-7H2,1-3H3,(H2,13,14,15,16).